The van der Waals surface area contributed by atoms with Gasteiger partial charge in [0.05, 0.1) is 29.0 Å². The monoisotopic (exact) mass is 568 g/mol. The van der Waals surface area contributed by atoms with Crippen LogP contribution in [0, 0.1) is 5.92 Å². The fourth-order valence-electron chi connectivity index (χ4n) is 4.24. The van der Waals surface area contributed by atoms with E-state index < -0.39 is 0 Å². The lowest BCUT2D eigenvalue weighted by molar-refractivity contribution is -0.149. The largest absolute Gasteiger partial charge is 0.466 e. The second-order valence-corrected chi connectivity index (χ2v) is 10.9. The average molecular weight is 569 g/mol. The quantitative estimate of drug-likeness (QED) is 0.212. The van der Waals surface area contributed by atoms with Gasteiger partial charge in [-0.05, 0) is 44.0 Å². The molecule has 12 heteroatoms. The number of likely N-dealkylation sites (tertiary alicyclic amines) is 1. The lowest BCUT2D eigenvalue weighted by Crippen LogP contribution is -2.40. The highest BCUT2D eigenvalue weighted by atomic mass is 35.5. The zero-order chi connectivity index (χ0) is 26.5. The van der Waals surface area contributed by atoms with Gasteiger partial charge in [0.2, 0.25) is 0 Å². The summed E-state index contributed by atoms with van der Waals surface area (Å²) in [5, 5.41) is 12.7. The molecule has 1 amide bonds. The number of thiazole rings is 1. The Bertz CT molecular complexity index is 1420. The molecule has 4 aromatic rings. The molecule has 0 atom stereocenters. The molecule has 0 unspecified atom stereocenters. The SMILES string of the molecule is CCOC(=O)C1CCN(C(=O)c2csc(CSc3nnc(-c4ccncc4)n3-c3ccccc3Cl)n2)CC1. The number of pyridine rings is 1. The normalized spacial score (nSPS) is 14.0. The molecule has 1 aliphatic rings. The van der Waals surface area contributed by atoms with E-state index >= 15 is 0 Å². The van der Waals surface area contributed by atoms with Gasteiger partial charge >= 0.3 is 5.97 Å². The number of benzene rings is 1. The van der Waals surface area contributed by atoms with Gasteiger partial charge in [-0.2, -0.15) is 0 Å². The van der Waals surface area contributed by atoms with E-state index in [-0.39, 0.29) is 17.8 Å². The second-order valence-electron chi connectivity index (χ2n) is 8.56. The smallest absolute Gasteiger partial charge is 0.309 e. The van der Waals surface area contributed by atoms with Crippen LogP contribution in [-0.4, -0.2) is 61.2 Å². The summed E-state index contributed by atoms with van der Waals surface area (Å²) < 4.78 is 7.05. The maximum atomic E-state index is 13.0. The molecule has 196 valence electrons. The van der Waals surface area contributed by atoms with E-state index in [0.717, 1.165) is 16.3 Å². The summed E-state index contributed by atoms with van der Waals surface area (Å²) in [6, 6.07) is 11.3. The van der Waals surface area contributed by atoms with E-state index in [9.17, 15) is 9.59 Å². The van der Waals surface area contributed by atoms with Crippen molar-refractivity contribution in [2.45, 2.75) is 30.7 Å². The highest BCUT2D eigenvalue weighted by Crippen LogP contribution is 2.33. The van der Waals surface area contributed by atoms with Crippen molar-refractivity contribution in [2.24, 2.45) is 5.92 Å². The van der Waals surface area contributed by atoms with E-state index in [0.29, 0.717) is 60.0 Å². The summed E-state index contributed by atoms with van der Waals surface area (Å²) >= 11 is 9.45. The molecular formula is C26H25ClN6O3S2. The number of carbonyl (C=O) groups is 2. The predicted molar refractivity (Wildman–Crippen MR) is 147 cm³/mol. The van der Waals surface area contributed by atoms with Gasteiger partial charge in [-0.3, -0.25) is 19.1 Å². The Morgan fingerprint density at radius 1 is 1.13 bits per heavy atom. The number of para-hydroxylation sites is 1. The number of thioether (sulfide) groups is 1. The number of carbonyl (C=O) groups excluding carboxylic acids is 2. The lowest BCUT2D eigenvalue weighted by Gasteiger charge is -2.30. The van der Waals surface area contributed by atoms with Crippen LogP contribution in [0.4, 0.5) is 0 Å². The van der Waals surface area contributed by atoms with E-state index in [1.54, 1.807) is 29.6 Å². The van der Waals surface area contributed by atoms with Gasteiger partial charge < -0.3 is 9.64 Å². The molecule has 1 fully saturated rings. The van der Waals surface area contributed by atoms with Gasteiger partial charge in [-0.1, -0.05) is 35.5 Å². The van der Waals surface area contributed by atoms with Gasteiger partial charge in [0.25, 0.3) is 5.91 Å². The third-order valence-corrected chi connectivity index (χ3v) is 8.45. The first-order valence-electron chi connectivity index (χ1n) is 12.2. The molecule has 1 aromatic carbocycles. The van der Waals surface area contributed by atoms with Crippen LogP contribution in [-0.2, 0) is 15.3 Å². The van der Waals surface area contributed by atoms with E-state index in [4.69, 9.17) is 16.3 Å². The van der Waals surface area contributed by atoms with Gasteiger partial charge in [-0.25, -0.2) is 4.98 Å². The van der Waals surface area contributed by atoms with Crippen molar-refractivity contribution < 1.29 is 14.3 Å². The molecule has 5 rings (SSSR count). The number of hydrogen-bond donors (Lipinski definition) is 0. The van der Waals surface area contributed by atoms with Crippen molar-refractivity contribution >= 4 is 46.6 Å². The number of aromatic nitrogens is 5. The molecule has 38 heavy (non-hydrogen) atoms. The summed E-state index contributed by atoms with van der Waals surface area (Å²) in [6.07, 6.45) is 4.63. The van der Waals surface area contributed by atoms with Crippen LogP contribution in [0.25, 0.3) is 17.1 Å². The highest BCUT2D eigenvalue weighted by molar-refractivity contribution is 7.98. The van der Waals surface area contributed by atoms with E-state index in [1.807, 2.05) is 41.0 Å². The summed E-state index contributed by atoms with van der Waals surface area (Å²) in [5.74, 6) is 0.739. The van der Waals surface area contributed by atoms with E-state index in [1.165, 1.54) is 23.1 Å². The molecule has 4 heterocycles. The van der Waals surface area contributed by atoms with Crippen LogP contribution < -0.4 is 0 Å². The Hall–Kier alpha value is -3.28. The Balaban J connectivity index is 1.29. The number of hydrogen-bond acceptors (Lipinski definition) is 9. The van der Waals surface area contributed by atoms with E-state index in [2.05, 4.69) is 20.2 Å². The van der Waals surface area contributed by atoms with Crippen LogP contribution in [0.5, 0.6) is 0 Å². The number of nitrogens with zero attached hydrogens (tertiary/aromatic N) is 6. The van der Waals surface area contributed by atoms with Crippen molar-refractivity contribution in [1.82, 2.24) is 29.6 Å². The molecule has 3 aromatic heterocycles. The van der Waals surface area contributed by atoms with Crippen molar-refractivity contribution in [3.8, 4) is 17.1 Å². The minimum absolute atomic E-state index is 0.112. The average Bonchev–Trinajstić information content (AvgIpc) is 3.60. The Morgan fingerprint density at radius 2 is 1.89 bits per heavy atom. The summed E-state index contributed by atoms with van der Waals surface area (Å²) in [5.41, 5.74) is 2.06. The maximum Gasteiger partial charge on any atom is 0.309 e. The minimum atomic E-state index is -0.177. The Morgan fingerprint density at radius 3 is 2.63 bits per heavy atom. The number of rotatable bonds is 8. The maximum absolute atomic E-state index is 13.0. The number of esters is 1. The molecule has 1 saturated heterocycles. The van der Waals surface area contributed by atoms with Crippen LogP contribution in [0.2, 0.25) is 5.02 Å². The summed E-state index contributed by atoms with van der Waals surface area (Å²) in [4.78, 5) is 35.5. The number of ether oxygens (including phenoxy) is 1. The standard InChI is InChI=1S/C26H25ClN6O3S2/c1-2-36-25(35)18-9-13-32(14-10-18)24(34)20-15-37-22(29-20)16-38-26-31-30-23(17-7-11-28-12-8-17)33(26)21-6-4-3-5-19(21)27/h3-8,11-12,15,18H,2,9-10,13-14,16H2,1H3. The molecule has 0 radical (unpaired) electrons. The van der Waals surface area contributed by atoms with Gasteiger partial charge in [0.1, 0.15) is 10.7 Å². The van der Waals surface area contributed by atoms with Gasteiger partial charge in [0, 0.05) is 36.4 Å². The van der Waals surface area contributed by atoms with Crippen molar-refractivity contribution in [1.29, 1.82) is 0 Å². The first kappa shape index (κ1) is 26.3. The van der Waals surface area contributed by atoms with Gasteiger partial charge in [0.15, 0.2) is 11.0 Å². The fourth-order valence-corrected chi connectivity index (χ4v) is 6.19. The molecule has 0 bridgehead atoms. The van der Waals surface area contributed by atoms with Crippen molar-refractivity contribution in [2.75, 3.05) is 19.7 Å². The van der Waals surface area contributed by atoms with Crippen molar-refractivity contribution in [3.63, 3.8) is 0 Å². The third-order valence-electron chi connectivity index (χ3n) is 6.16. The highest BCUT2D eigenvalue weighted by Gasteiger charge is 2.29. The summed E-state index contributed by atoms with van der Waals surface area (Å²) in [7, 11) is 0. The Kier molecular flexibility index (Phi) is 8.35. The van der Waals surface area contributed by atoms with Crippen LogP contribution in [0.1, 0.15) is 35.3 Å². The minimum Gasteiger partial charge on any atom is -0.466 e. The van der Waals surface area contributed by atoms with Crippen LogP contribution >= 0.6 is 34.7 Å². The molecular weight excluding hydrogens is 544 g/mol. The molecule has 1 aliphatic heterocycles. The lowest BCUT2D eigenvalue weighted by atomic mass is 9.97. The second kappa shape index (κ2) is 12.1. The van der Waals surface area contributed by atoms with Gasteiger partial charge in [-0.15, -0.1) is 21.5 Å². The first-order valence-corrected chi connectivity index (χ1v) is 14.4. The number of piperidine rings is 1. The summed E-state index contributed by atoms with van der Waals surface area (Å²) in [6.45, 7) is 3.21. The fraction of sp³-hybridized carbons (Fsp3) is 0.308. The molecule has 0 N–H and O–H groups in total. The molecule has 0 saturated carbocycles. The molecule has 9 nitrogen and oxygen atoms in total. The number of amides is 1. The molecule has 0 spiro atoms. The Labute approximate surface area is 233 Å². The zero-order valence-corrected chi connectivity index (χ0v) is 23.0. The van der Waals surface area contributed by atoms with Crippen LogP contribution in [0.15, 0.2) is 59.3 Å². The predicted octanol–water partition coefficient (Wildman–Crippen LogP) is 5.15. The first-order chi connectivity index (χ1) is 18.5. The van der Waals surface area contributed by atoms with Crippen LogP contribution in [0.3, 0.4) is 0 Å². The number of halogens is 1. The topological polar surface area (TPSA) is 103 Å². The molecule has 0 aliphatic carbocycles. The zero-order valence-electron chi connectivity index (χ0n) is 20.6. The van der Waals surface area contributed by atoms with Crippen molar-refractivity contribution in [3.05, 3.63) is 69.9 Å². The third kappa shape index (κ3) is 5.74.